The molecule has 1 saturated carbocycles. The van der Waals surface area contributed by atoms with E-state index < -0.39 is 17.3 Å². The number of aryl methyl sites for hydroxylation is 2. The summed E-state index contributed by atoms with van der Waals surface area (Å²) in [6, 6.07) is 7.51. The Balaban J connectivity index is 1.35. The lowest BCUT2D eigenvalue weighted by molar-refractivity contribution is -0.155. The van der Waals surface area contributed by atoms with Gasteiger partial charge in [0.2, 0.25) is 0 Å². The number of hydrogen-bond donors (Lipinski definition) is 0. The van der Waals surface area contributed by atoms with E-state index in [0.29, 0.717) is 24.1 Å². The average Bonchev–Trinajstić information content (AvgIpc) is 3.55. The van der Waals surface area contributed by atoms with E-state index in [9.17, 15) is 22.8 Å². The van der Waals surface area contributed by atoms with Gasteiger partial charge in [-0.2, -0.15) is 18.3 Å². The number of nitrogens with zero attached hydrogens (tertiary/aromatic N) is 4. The highest BCUT2D eigenvalue weighted by Crippen LogP contribution is 2.36. The molecular formula is C31H37F3N4O3. The first-order valence-corrected chi connectivity index (χ1v) is 14.1. The van der Waals surface area contributed by atoms with E-state index >= 15 is 0 Å². The third kappa shape index (κ3) is 6.36. The van der Waals surface area contributed by atoms with E-state index in [2.05, 4.69) is 5.10 Å². The lowest BCUT2D eigenvalue weighted by Crippen LogP contribution is -2.45. The van der Waals surface area contributed by atoms with Crippen LogP contribution in [0.2, 0.25) is 0 Å². The van der Waals surface area contributed by atoms with E-state index in [1.54, 1.807) is 28.3 Å². The minimum atomic E-state index is -4.45. The van der Waals surface area contributed by atoms with Gasteiger partial charge in [-0.1, -0.05) is 18.2 Å². The summed E-state index contributed by atoms with van der Waals surface area (Å²) in [6.45, 7) is 9.18. The van der Waals surface area contributed by atoms with Gasteiger partial charge < -0.3 is 14.2 Å². The van der Waals surface area contributed by atoms with Crippen LogP contribution in [-0.2, 0) is 41.6 Å². The molecule has 0 saturated heterocycles. The Kier molecular flexibility index (Phi) is 7.55. The first-order chi connectivity index (χ1) is 19.2. The topological polar surface area (TPSA) is 69.4 Å². The van der Waals surface area contributed by atoms with Crippen LogP contribution < -0.4 is 0 Å². The van der Waals surface area contributed by atoms with Crippen molar-refractivity contribution in [2.75, 3.05) is 0 Å². The molecular weight excluding hydrogens is 533 g/mol. The number of hydrogen-bond acceptors (Lipinski definition) is 4. The van der Waals surface area contributed by atoms with Crippen LogP contribution in [0.1, 0.15) is 84.2 Å². The molecule has 5 rings (SSSR count). The summed E-state index contributed by atoms with van der Waals surface area (Å²) in [4.78, 5) is 28.3. The van der Waals surface area contributed by atoms with Gasteiger partial charge in [-0.25, -0.2) is 0 Å². The summed E-state index contributed by atoms with van der Waals surface area (Å²) in [7, 11) is 0. The molecule has 41 heavy (non-hydrogen) atoms. The Labute approximate surface area is 238 Å². The first-order valence-electron chi connectivity index (χ1n) is 14.1. The highest BCUT2D eigenvalue weighted by atomic mass is 19.4. The molecule has 220 valence electrons. The second-order valence-electron chi connectivity index (χ2n) is 12.3. The van der Waals surface area contributed by atoms with Crippen molar-refractivity contribution in [1.82, 2.24) is 19.2 Å². The van der Waals surface area contributed by atoms with Gasteiger partial charge in [0.1, 0.15) is 12.1 Å². The van der Waals surface area contributed by atoms with Gasteiger partial charge in [0, 0.05) is 36.2 Å². The van der Waals surface area contributed by atoms with Gasteiger partial charge in [0.25, 0.3) is 5.91 Å². The van der Waals surface area contributed by atoms with Crippen LogP contribution >= 0.6 is 0 Å². The third-order valence-corrected chi connectivity index (χ3v) is 7.83. The molecule has 2 aliphatic rings. The molecule has 0 N–H and O–H groups in total. The summed E-state index contributed by atoms with van der Waals surface area (Å²) < 4.78 is 49.7. The van der Waals surface area contributed by atoms with E-state index in [1.807, 2.05) is 38.8 Å². The SMILES string of the molecule is Cc1cc(C(=O)N(C2CC2)C2CCc3nn(CC(=O)OC(C)(C)C)cc3C2)c(C)n1Cc1ccccc1C(F)(F)F. The van der Waals surface area contributed by atoms with Crippen molar-refractivity contribution in [3.8, 4) is 0 Å². The standard InChI is InChI=1S/C31H37F3N4O3/c1-19-14-25(20(2)37(19)17-21-8-6-7-9-26(21)31(32,33)34)29(40)38(23-10-11-23)24-12-13-27-22(15-24)16-36(35-27)18-28(39)41-30(3,4)5/h6-9,14,16,23-24H,10-13,15,17-18H2,1-5H3. The monoisotopic (exact) mass is 570 g/mol. The molecule has 0 spiro atoms. The molecule has 10 heteroatoms. The number of carbonyl (C=O) groups is 2. The zero-order valence-electron chi connectivity index (χ0n) is 24.2. The summed E-state index contributed by atoms with van der Waals surface area (Å²) in [5.74, 6) is -0.428. The molecule has 1 fully saturated rings. The number of fused-ring (bicyclic) bond motifs is 1. The second-order valence-corrected chi connectivity index (χ2v) is 12.3. The van der Waals surface area contributed by atoms with Crippen molar-refractivity contribution in [2.24, 2.45) is 0 Å². The maximum atomic E-state index is 14.0. The summed E-state index contributed by atoms with van der Waals surface area (Å²) >= 11 is 0. The normalized spacial score (nSPS) is 17.3. The van der Waals surface area contributed by atoms with Gasteiger partial charge in [0.15, 0.2) is 0 Å². The fraction of sp³-hybridized carbons (Fsp3) is 0.516. The fourth-order valence-corrected chi connectivity index (χ4v) is 5.85. The molecule has 1 atom stereocenters. The molecule has 3 aromatic rings. The quantitative estimate of drug-likeness (QED) is 0.333. The van der Waals surface area contributed by atoms with Gasteiger partial charge in [0.05, 0.1) is 16.8 Å². The van der Waals surface area contributed by atoms with Crippen molar-refractivity contribution < 1.29 is 27.5 Å². The Morgan fingerprint density at radius 1 is 1.07 bits per heavy atom. The van der Waals surface area contributed by atoms with Crippen molar-refractivity contribution in [1.29, 1.82) is 0 Å². The lowest BCUT2D eigenvalue weighted by atomic mass is 9.91. The van der Waals surface area contributed by atoms with E-state index in [-0.39, 0.29) is 42.6 Å². The van der Waals surface area contributed by atoms with E-state index in [1.165, 1.54) is 12.1 Å². The molecule has 7 nitrogen and oxygen atoms in total. The van der Waals surface area contributed by atoms with Gasteiger partial charge >= 0.3 is 12.1 Å². The van der Waals surface area contributed by atoms with Crippen molar-refractivity contribution in [2.45, 2.75) is 104 Å². The van der Waals surface area contributed by atoms with Crippen LogP contribution in [0, 0.1) is 13.8 Å². The van der Waals surface area contributed by atoms with E-state index in [0.717, 1.165) is 42.3 Å². The van der Waals surface area contributed by atoms with Gasteiger partial charge in [-0.15, -0.1) is 0 Å². The Hall–Kier alpha value is -3.56. The van der Waals surface area contributed by atoms with Gasteiger partial charge in [-0.05, 0) is 90.0 Å². The molecule has 0 bridgehead atoms. The molecule has 2 aromatic heterocycles. The summed E-state index contributed by atoms with van der Waals surface area (Å²) in [6.07, 6.45) is 1.40. The number of benzene rings is 1. The summed E-state index contributed by atoms with van der Waals surface area (Å²) in [5.41, 5.74) is 2.84. The highest BCUT2D eigenvalue weighted by Gasteiger charge is 2.40. The van der Waals surface area contributed by atoms with Crippen LogP contribution in [0.3, 0.4) is 0 Å². The minimum Gasteiger partial charge on any atom is -0.459 e. The smallest absolute Gasteiger partial charge is 0.416 e. The maximum Gasteiger partial charge on any atom is 0.416 e. The molecule has 2 aliphatic carbocycles. The van der Waals surface area contributed by atoms with Crippen molar-refractivity contribution in [3.05, 3.63) is 75.9 Å². The zero-order valence-corrected chi connectivity index (χ0v) is 24.2. The van der Waals surface area contributed by atoms with Crippen molar-refractivity contribution >= 4 is 11.9 Å². The Morgan fingerprint density at radius 2 is 1.78 bits per heavy atom. The molecule has 2 heterocycles. The van der Waals surface area contributed by atoms with Crippen LogP contribution in [0.5, 0.6) is 0 Å². The number of ether oxygens (including phenoxy) is 1. The highest BCUT2D eigenvalue weighted by molar-refractivity contribution is 5.96. The minimum absolute atomic E-state index is 0.0179. The number of esters is 1. The zero-order chi connectivity index (χ0) is 29.7. The fourth-order valence-electron chi connectivity index (χ4n) is 5.85. The maximum absolute atomic E-state index is 14.0. The molecule has 0 aliphatic heterocycles. The predicted molar refractivity (Wildman–Crippen MR) is 148 cm³/mol. The van der Waals surface area contributed by atoms with Gasteiger partial charge in [-0.3, -0.25) is 14.3 Å². The first kappa shape index (κ1) is 29.0. The molecule has 1 aromatic carbocycles. The van der Waals surface area contributed by atoms with E-state index in [4.69, 9.17) is 4.74 Å². The van der Waals surface area contributed by atoms with Crippen LogP contribution in [0.4, 0.5) is 13.2 Å². The number of rotatable bonds is 7. The predicted octanol–water partition coefficient (Wildman–Crippen LogP) is 5.87. The summed E-state index contributed by atoms with van der Waals surface area (Å²) in [5, 5.41) is 4.60. The van der Waals surface area contributed by atoms with Crippen molar-refractivity contribution in [3.63, 3.8) is 0 Å². The van der Waals surface area contributed by atoms with Crippen LogP contribution in [0.15, 0.2) is 36.5 Å². The molecule has 1 unspecified atom stereocenters. The third-order valence-electron chi connectivity index (χ3n) is 7.83. The number of aromatic nitrogens is 3. The Bertz CT molecular complexity index is 1460. The van der Waals surface area contributed by atoms with Crippen LogP contribution in [-0.4, -0.2) is 48.8 Å². The second kappa shape index (κ2) is 10.7. The van der Waals surface area contributed by atoms with Crippen LogP contribution in [0.25, 0.3) is 0 Å². The largest absolute Gasteiger partial charge is 0.459 e. The number of alkyl halides is 3. The molecule has 1 amide bonds. The number of carbonyl (C=O) groups excluding carboxylic acids is 2. The Morgan fingerprint density at radius 3 is 2.44 bits per heavy atom. The average molecular weight is 571 g/mol. The lowest BCUT2D eigenvalue weighted by Gasteiger charge is -2.34. The number of amides is 1. The molecule has 0 radical (unpaired) electrons. The number of halogens is 3.